The summed E-state index contributed by atoms with van der Waals surface area (Å²) >= 11 is 0. The molecule has 0 unspecified atom stereocenters. The second-order valence-electron chi connectivity index (χ2n) is 3.99. The number of ether oxygens (including phenoxy) is 1. The third kappa shape index (κ3) is 5.21. The maximum absolute atomic E-state index is 11.9. The van der Waals surface area contributed by atoms with E-state index in [-0.39, 0.29) is 4.90 Å². The summed E-state index contributed by atoms with van der Waals surface area (Å²) in [5.74, 6) is -1.88. The van der Waals surface area contributed by atoms with Gasteiger partial charge in [0, 0.05) is 0 Å². The van der Waals surface area contributed by atoms with E-state index in [0.717, 1.165) is 12.7 Å². The van der Waals surface area contributed by atoms with Crippen molar-refractivity contribution < 1.29 is 31.5 Å². The van der Waals surface area contributed by atoms with Crippen molar-refractivity contribution in [2.75, 3.05) is 14.0 Å². The van der Waals surface area contributed by atoms with Crippen LogP contribution in [-0.4, -0.2) is 39.9 Å². The van der Waals surface area contributed by atoms with Crippen molar-refractivity contribution in [2.45, 2.75) is 11.8 Å². The quantitative estimate of drug-likeness (QED) is 0.328. The third-order valence-corrected chi connectivity index (χ3v) is 3.49. The Kier molecular flexibility index (Phi) is 6.45. The van der Waals surface area contributed by atoms with Crippen LogP contribution in [-0.2, 0) is 28.8 Å². The van der Waals surface area contributed by atoms with Crippen molar-refractivity contribution in [1.29, 1.82) is 0 Å². The van der Waals surface area contributed by atoms with Crippen molar-refractivity contribution in [1.82, 2.24) is 0 Å². The van der Waals surface area contributed by atoms with Gasteiger partial charge in [-0.3, -0.25) is 4.28 Å². The van der Waals surface area contributed by atoms with Gasteiger partial charge >= 0.3 is 16.1 Å². The Hall–Kier alpha value is -2.69. The van der Waals surface area contributed by atoms with E-state index >= 15 is 0 Å². The zero-order valence-corrected chi connectivity index (χ0v) is 13.0. The normalized spacial score (nSPS) is 12.7. The lowest BCUT2D eigenvalue weighted by Gasteiger charge is -2.04. The van der Waals surface area contributed by atoms with E-state index in [9.17, 15) is 17.6 Å². The minimum absolute atomic E-state index is 0.170. The molecule has 0 aromatic heterocycles. The Balaban J connectivity index is 3.00. The monoisotopic (exact) mass is 347 g/mol. The molecule has 11 heteroatoms. The standard InChI is InChI=1S/C12H14FN3O6S/c1-8-3-5-9(6-4-8)23(18,19)22-16-11(14)10(12(17)20-2)15-21-7-13/h3-6H,7H2,1-2H3,(H2,14,16). The van der Waals surface area contributed by atoms with Crippen LogP contribution < -0.4 is 5.73 Å². The zero-order chi connectivity index (χ0) is 17.5. The number of carbonyl (C=O) groups excluding carboxylic acids is 1. The lowest BCUT2D eigenvalue weighted by Crippen LogP contribution is -2.32. The van der Waals surface area contributed by atoms with Crippen LogP contribution in [0, 0.1) is 6.92 Å². The number of nitrogens with zero attached hydrogens (tertiary/aromatic N) is 2. The molecule has 0 heterocycles. The molecule has 1 aromatic carbocycles. The molecule has 9 nitrogen and oxygen atoms in total. The summed E-state index contributed by atoms with van der Waals surface area (Å²) in [6.07, 6.45) is 0. The number of oxime groups is 2. The fourth-order valence-corrected chi connectivity index (χ4v) is 1.99. The summed E-state index contributed by atoms with van der Waals surface area (Å²) in [4.78, 5) is 15.2. The van der Waals surface area contributed by atoms with Gasteiger partial charge in [0.05, 0.1) is 7.11 Å². The Bertz CT molecular complexity index is 715. The minimum Gasteiger partial charge on any atom is -0.464 e. The van der Waals surface area contributed by atoms with Crippen LogP contribution in [0.25, 0.3) is 0 Å². The Morgan fingerprint density at radius 3 is 2.39 bits per heavy atom. The summed E-state index contributed by atoms with van der Waals surface area (Å²) in [7, 11) is -3.24. The number of amidine groups is 1. The fourth-order valence-electron chi connectivity index (χ4n) is 1.25. The van der Waals surface area contributed by atoms with Gasteiger partial charge < -0.3 is 15.3 Å². The summed E-state index contributed by atoms with van der Waals surface area (Å²) < 4.78 is 44.4. The number of methoxy groups -OCH3 is 1. The van der Waals surface area contributed by atoms with Crippen LogP contribution in [0.1, 0.15) is 5.56 Å². The van der Waals surface area contributed by atoms with E-state index in [0.29, 0.717) is 0 Å². The number of nitrogens with two attached hydrogens (primary N) is 1. The number of alkyl halides is 1. The molecule has 0 aliphatic rings. The predicted molar refractivity (Wildman–Crippen MR) is 77.6 cm³/mol. The summed E-state index contributed by atoms with van der Waals surface area (Å²) in [5.41, 5.74) is 5.47. The highest BCUT2D eigenvalue weighted by Crippen LogP contribution is 2.13. The molecule has 1 rings (SSSR count). The average Bonchev–Trinajstić information content (AvgIpc) is 2.53. The smallest absolute Gasteiger partial charge is 0.364 e. The lowest BCUT2D eigenvalue weighted by molar-refractivity contribution is -0.132. The number of halogens is 1. The number of hydrogen-bond donors (Lipinski definition) is 1. The molecule has 0 amide bonds. The molecular formula is C12H14FN3O6S. The molecule has 0 aliphatic carbocycles. The predicted octanol–water partition coefficient (Wildman–Crippen LogP) is 0.445. The molecular weight excluding hydrogens is 333 g/mol. The first-order valence-electron chi connectivity index (χ1n) is 6.00. The number of esters is 1. The van der Waals surface area contributed by atoms with Crippen molar-refractivity contribution >= 4 is 27.6 Å². The van der Waals surface area contributed by atoms with Gasteiger partial charge in [-0.1, -0.05) is 22.9 Å². The van der Waals surface area contributed by atoms with Crippen LogP contribution in [0.2, 0.25) is 0 Å². The molecule has 23 heavy (non-hydrogen) atoms. The molecule has 0 saturated carbocycles. The van der Waals surface area contributed by atoms with Crippen LogP contribution >= 0.6 is 0 Å². The minimum atomic E-state index is -4.25. The highest BCUT2D eigenvalue weighted by molar-refractivity contribution is 7.86. The number of rotatable bonds is 7. The van der Waals surface area contributed by atoms with E-state index in [1.165, 1.54) is 12.1 Å². The molecule has 126 valence electrons. The summed E-state index contributed by atoms with van der Waals surface area (Å²) in [6.45, 7) is 0.438. The molecule has 0 bridgehead atoms. The van der Waals surface area contributed by atoms with Gasteiger partial charge in [0.2, 0.25) is 11.5 Å². The second kappa shape index (κ2) is 8.08. The molecule has 0 saturated heterocycles. The van der Waals surface area contributed by atoms with Gasteiger partial charge in [0.15, 0.2) is 0 Å². The van der Waals surface area contributed by atoms with Gasteiger partial charge in [-0.15, -0.1) is 0 Å². The molecule has 0 aliphatic heterocycles. The Morgan fingerprint density at radius 2 is 1.87 bits per heavy atom. The van der Waals surface area contributed by atoms with E-state index < -0.39 is 34.5 Å². The zero-order valence-electron chi connectivity index (χ0n) is 12.2. The van der Waals surface area contributed by atoms with E-state index in [4.69, 9.17) is 5.73 Å². The van der Waals surface area contributed by atoms with Gasteiger partial charge in [-0.05, 0) is 24.2 Å². The molecule has 0 fully saturated rings. The first kappa shape index (κ1) is 18.4. The Morgan fingerprint density at radius 1 is 1.26 bits per heavy atom. The van der Waals surface area contributed by atoms with Gasteiger partial charge in [0.25, 0.3) is 6.86 Å². The van der Waals surface area contributed by atoms with E-state index in [2.05, 4.69) is 24.2 Å². The number of benzene rings is 1. The average molecular weight is 347 g/mol. The fraction of sp³-hybridized carbons (Fsp3) is 0.250. The second-order valence-corrected chi connectivity index (χ2v) is 5.52. The molecule has 0 spiro atoms. The first-order chi connectivity index (χ1) is 10.8. The number of hydrogen-bond acceptors (Lipinski definition) is 8. The van der Waals surface area contributed by atoms with E-state index in [1.54, 1.807) is 19.1 Å². The molecule has 0 atom stereocenters. The highest BCUT2D eigenvalue weighted by atomic mass is 32.2. The van der Waals surface area contributed by atoms with Crippen molar-refractivity contribution in [2.24, 2.45) is 16.0 Å². The topological polar surface area (TPSA) is 130 Å². The summed E-state index contributed by atoms with van der Waals surface area (Å²) in [6, 6.07) is 5.72. The number of carbonyl (C=O) groups is 1. The van der Waals surface area contributed by atoms with Gasteiger partial charge in [-0.2, -0.15) is 8.42 Å². The van der Waals surface area contributed by atoms with Gasteiger partial charge in [-0.25, -0.2) is 9.18 Å². The summed E-state index contributed by atoms with van der Waals surface area (Å²) in [5, 5.41) is 6.12. The van der Waals surface area contributed by atoms with Crippen LogP contribution in [0.4, 0.5) is 4.39 Å². The third-order valence-electron chi connectivity index (χ3n) is 2.37. The van der Waals surface area contributed by atoms with Crippen molar-refractivity contribution in [3.05, 3.63) is 29.8 Å². The van der Waals surface area contributed by atoms with Crippen LogP contribution in [0.3, 0.4) is 0 Å². The van der Waals surface area contributed by atoms with E-state index in [1.807, 2.05) is 0 Å². The lowest BCUT2D eigenvalue weighted by atomic mass is 10.2. The molecule has 0 radical (unpaired) electrons. The van der Waals surface area contributed by atoms with Crippen LogP contribution in [0.5, 0.6) is 0 Å². The SMILES string of the molecule is COC(=O)C(=NOCF)C(N)=NOS(=O)(=O)c1ccc(C)cc1. The maximum atomic E-state index is 11.9. The molecule has 2 N–H and O–H groups in total. The van der Waals surface area contributed by atoms with Crippen molar-refractivity contribution in [3.63, 3.8) is 0 Å². The van der Waals surface area contributed by atoms with Gasteiger partial charge in [0.1, 0.15) is 4.90 Å². The first-order valence-corrected chi connectivity index (χ1v) is 7.41. The highest BCUT2D eigenvalue weighted by Gasteiger charge is 2.21. The maximum Gasteiger partial charge on any atom is 0.364 e. The van der Waals surface area contributed by atoms with Crippen molar-refractivity contribution in [3.8, 4) is 0 Å². The molecule has 1 aromatic rings. The Labute approximate surface area is 131 Å². The number of aryl methyl sites for hydroxylation is 1. The van der Waals surface area contributed by atoms with Crippen LogP contribution in [0.15, 0.2) is 39.5 Å². The largest absolute Gasteiger partial charge is 0.464 e.